The van der Waals surface area contributed by atoms with Crippen LogP contribution >= 0.6 is 0 Å². The van der Waals surface area contributed by atoms with Crippen molar-refractivity contribution >= 4 is 0 Å². The molecule has 0 amide bonds. The monoisotopic (exact) mass is 298 g/mol. The van der Waals surface area contributed by atoms with Gasteiger partial charge in [-0.05, 0) is 24.6 Å². The van der Waals surface area contributed by atoms with Crippen LogP contribution in [-0.4, -0.2) is 42.8 Å². The molecule has 0 aliphatic rings. The maximum atomic E-state index is 9.55. The Balaban J connectivity index is 1.72. The molecule has 0 unspecified atom stereocenters. The minimum absolute atomic E-state index is 0.0981. The van der Waals surface area contributed by atoms with Gasteiger partial charge in [-0.2, -0.15) is 0 Å². The van der Waals surface area contributed by atoms with Crippen molar-refractivity contribution in [3.63, 3.8) is 0 Å². The lowest BCUT2D eigenvalue weighted by atomic mass is 10.1. The van der Waals surface area contributed by atoms with Crippen molar-refractivity contribution < 1.29 is 5.11 Å². The summed E-state index contributed by atoms with van der Waals surface area (Å²) in [6.45, 7) is 2.78. The van der Waals surface area contributed by atoms with Crippen LogP contribution in [0.4, 0.5) is 0 Å². The average molecular weight is 298 g/mol. The number of likely N-dealkylation sites (N-methyl/N-ethyl adjacent to an activating group) is 1. The molecule has 1 atom stereocenters. The van der Waals surface area contributed by atoms with Crippen molar-refractivity contribution in [1.29, 1.82) is 0 Å². The summed E-state index contributed by atoms with van der Waals surface area (Å²) in [5, 5.41) is 13.0. The second-order valence-corrected chi connectivity index (χ2v) is 5.74. The number of hydrogen-bond donors (Lipinski definition) is 2. The van der Waals surface area contributed by atoms with Gasteiger partial charge in [0.15, 0.2) is 0 Å². The number of aliphatic hydroxyl groups excluding tert-OH is 1. The van der Waals surface area contributed by atoms with E-state index in [0.29, 0.717) is 0 Å². The summed E-state index contributed by atoms with van der Waals surface area (Å²) in [5.74, 6) is 0. The molecule has 0 radical (unpaired) electrons. The Morgan fingerprint density at radius 2 is 1.55 bits per heavy atom. The summed E-state index contributed by atoms with van der Waals surface area (Å²) in [6, 6.07) is 20.9. The summed E-state index contributed by atoms with van der Waals surface area (Å²) in [4.78, 5) is 2.27. The molecule has 0 aromatic heterocycles. The lowest BCUT2D eigenvalue weighted by Crippen LogP contribution is -2.42. The first-order valence-electron chi connectivity index (χ1n) is 7.88. The maximum Gasteiger partial charge on any atom is 0.0597 e. The van der Waals surface area contributed by atoms with Gasteiger partial charge in [0.1, 0.15) is 0 Å². The highest BCUT2D eigenvalue weighted by Gasteiger charge is 2.10. The normalized spacial score (nSPS) is 12.5. The van der Waals surface area contributed by atoms with Crippen LogP contribution in [0, 0.1) is 0 Å². The predicted octanol–water partition coefficient (Wildman–Crippen LogP) is 2.31. The number of rotatable bonds is 9. The third-order valence-corrected chi connectivity index (χ3v) is 3.82. The van der Waals surface area contributed by atoms with Gasteiger partial charge in [0.2, 0.25) is 0 Å². The van der Waals surface area contributed by atoms with Crippen molar-refractivity contribution in [2.24, 2.45) is 0 Å². The first-order valence-corrected chi connectivity index (χ1v) is 7.88. The second kappa shape index (κ2) is 9.36. The van der Waals surface area contributed by atoms with Gasteiger partial charge >= 0.3 is 0 Å². The van der Waals surface area contributed by atoms with E-state index >= 15 is 0 Å². The van der Waals surface area contributed by atoms with Crippen LogP contribution in [0.1, 0.15) is 11.1 Å². The summed E-state index contributed by atoms with van der Waals surface area (Å²) in [6.07, 6.45) is 1.04. The Kier molecular flexibility index (Phi) is 7.10. The first kappa shape index (κ1) is 16.7. The highest BCUT2D eigenvalue weighted by atomic mass is 16.3. The number of hydrogen-bond acceptors (Lipinski definition) is 3. The zero-order valence-electron chi connectivity index (χ0n) is 13.3. The predicted molar refractivity (Wildman–Crippen MR) is 91.8 cm³/mol. The number of aliphatic hydroxyl groups is 1. The number of benzene rings is 2. The number of nitrogens with zero attached hydrogens (tertiary/aromatic N) is 1. The van der Waals surface area contributed by atoms with Crippen molar-refractivity contribution in [1.82, 2.24) is 10.2 Å². The molecule has 0 saturated carbocycles. The van der Waals surface area contributed by atoms with Gasteiger partial charge in [-0.3, -0.25) is 0 Å². The fraction of sp³-hybridized carbons (Fsp3) is 0.368. The van der Waals surface area contributed by atoms with E-state index in [0.717, 1.165) is 26.1 Å². The lowest BCUT2D eigenvalue weighted by Gasteiger charge is -2.23. The van der Waals surface area contributed by atoms with Crippen LogP contribution in [-0.2, 0) is 13.0 Å². The fourth-order valence-electron chi connectivity index (χ4n) is 2.48. The van der Waals surface area contributed by atoms with Gasteiger partial charge in [-0.15, -0.1) is 0 Å². The van der Waals surface area contributed by atoms with Gasteiger partial charge < -0.3 is 15.3 Å². The van der Waals surface area contributed by atoms with Crippen LogP contribution in [0.2, 0.25) is 0 Å². The SMILES string of the molecule is CN(CCc1ccccc1)C[C@H](CO)NCc1ccccc1. The van der Waals surface area contributed by atoms with Gasteiger partial charge in [0, 0.05) is 25.7 Å². The Bertz CT molecular complexity index is 515. The molecule has 118 valence electrons. The molecule has 2 aromatic rings. The van der Waals surface area contributed by atoms with Crippen molar-refractivity contribution in [2.45, 2.75) is 19.0 Å². The Morgan fingerprint density at radius 1 is 0.955 bits per heavy atom. The van der Waals surface area contributed by atoms with E-state index in [2.05, 4.69) is 53.7 Å². The summed E-state index contributed by atoms with van der Waals surface area (Å²) < 4.78 is 0. The Hall–Kier alpha value is -1.68. The summed E-state index contributed by atoms with van der Waals surface area (Å²) in [5.41, 5.74) is 2.60. The first-order chi connectivity index (χ1) is 10.8. The number of nitrogens with one attached hydrogen (secondary N) is 1. The minimum Gasteiger partial charge on any atom is -0.395 e. The smallest absolute Gasteiger partial charge is 0.0597 e. The van der Waals surface area contributed by atoms with Crippen molar-refractivity contribution in [2.75, 3.05) is 26.7 Å². The molecular weight excluding hydrogens is 272 g/mol. The van der Waals surface area contributed by atoms with E-state index in [1.807, 2.05) is 24.3 Å². The van der Waals surface area contributed by atoms with E-state index in [9.17, 15) is 5.11 Å². The zero-order chi connectivity index (χ0) is 15.6. The van der Waals surface area contributed by atoms with Gasteiger partial charge in [-0.25, -0.2) is 0 Å². The summed E-state index contributed by atoms with van der Waals surface area (Å²) in [7, 11) is 2.11. The van der Waals surface area contributed by atoms with Gasteiger partial charge in [-0.1, -0.05) is 60.7 Å². The van der Waals surface area contributed by atoms with E-state index in [-0.39, 0.29) is 12.6 Å². The molecule has 0 fully saturated rings. The summed E-state index contributed by atoms with van der Waals surface area (Å²) >= 11 is 0. The lowest BCUT2D eigenvalue weighted by molar-refractivity contribution is 0.198. The fourth-order valence-corrected chi connectivity index (χ4v) is 2.48. The molecule has 2 aromatic carbocycles. The van der Waals surface area contributed by atoms with Crippen LogP contribution in [0.3, 0.4) is 0 Å². The zero-order valence-corrected chi connectivity index (χ0v) is 13.3. The molecule has 0 spiro atoms. The maximum absolute atomic E-state index is 9.55. The van der Waals surface area contributed by atoms with Crippen LogP contribution in [0.25, 0.3) is 0 Å². The van der Waals surface area contributed by atoms with Gasteiger partial charge in [0.05, 0.1) is 6.61 Å². The van der Waals surface area contributed by atoms with E-state index in [1.54, 1.807) is 0 Å². The van der Waals surface area contributed by atoms with Crippen LogP contribution in [0.5, 0.6) is 0 Å². The quantitative estimate of drug-likeness (QED) is 0.746. The third kappa shape index (κ3) is 5.98. The topological polar surface area (TPSA) is 35.5 Å². The minimum atomic E-state index is 0.0981. The molecule has 0 heterocycles. The molecule has 0 saturated heterocycles. The Labute approximate surface area is 133 Å². The second-order valence-electron chi connectivity index (χ2n) is 5.74. The highest BCUT2D eigenvalue weighted by Crippen LogP contribution is 2.02. The van der Waals surface area contributed by atoms with Crippen LogP contribution in [0.15, 0.2) is 60.7 Å². The standard InChI is InChI=1S/C19H26N2O/c1-21(13-12-17-8-4-2-5-9-17)15-19(16-22)20-14-18-10-6-3-7-11-18/h2-11,19-20,22H,12-16H2,1H3/t19-/m1/s1. The molecule has 3 heteroatoms. The van der Waals surface area contributed by atoms with Crippen molar-refractivity contribution in [3.05, 3.63) is 71.8 Å². The highest BCUT2D eigenvalue weighted by molar-refractivity contribution is 5.15. The van der Waals surface area contributed by atoms with E-state index < -0.39 is 0 Å². The van der Waals surface area contributed by atoms with Crippen LogP contribution < -0.4 is 5.32 Å². The molecule has 0 bridgehead atoms. The van der Waals surface area contributed by atoms with E-state index in [4.69, 9.17) is 0 Å². The molecule has 2 N–H and O–H groups in total. The molecule has 0 aliphatic carbocycles. The molecule has 0 aliphatic heterocycles. The molecule has 3 nitrogen and oxygen atoms in total. The van der Waals surface area contributed by atoms with Crippen molar-refractivity contribution in [3.8, 4) is 0 Å². The molecule has 22 heavy (non-hydrogen) atoms. The molecular formula is C19H26N2O. The average Bonchev–Trinajstić information content (AvgIpc) is 2.58. The largest absolute Gasteiger partial charge is 0.395 e. The van der Waals surface area contributed by atoms with Gasteiger partial charge in [0.25, 0.3) is 0 Å². The third-order valence-electron chi connectivity index (χ3n) is 3.82. The van der Waals surface area contributed by atoms with E-state index in [1.165, 1.54) is 11.1 Å². The Morgan fingerprint density at radius 3 is 2.14 bits per heavy atom. The molecule has 2 rings (SSSR count).